The van der Waals surface area contributed by atoms with Gasteiger partial charge in [0.15, 0.2) is 11.6 Å². The van der Waals surface area contributed by atoms with Crippen LogP contribution in [0.1, 0.15) is 0 Å². The highest BCUT2D eigenvalue weighted by Gasteiger charge is 2.33. The van der Waals surface area contributed by atoms with Gasteiger partial charge in [-0.1, -0.05) is 6.07 Å². The van der Waals surface area contributed by atoms with Gasteiger partial charge in [-0.25, -0.2) is 4.39 Å². The maximum Gasteiger partial charge on any atom is 0.573 e. The Labute approximate surface area is 84.9 Å². The summed E-state index contributed by atoms with van der Waals surface area (Å²) in [5.41, 5.74) is -1.33. The Morgan fingerprint density at radius 1 is 1.06 bits per heavy atom. The molecule has 0 aliphatic rings. The first kappa shape index (κ1) is 12.7. The van der Waals surface area contributed by atoms with E-state index < -0.39 is 30.4 Å². The summed E-state index contributed by atoms with van der Waals surface area (Å²) >= 11 is 0. The van der Waals surface area contributed by atoms with Crippen molar-refractivity contribution in [1.29, 1.82) is 0 Å². The van der Waals surface area contributed by atoms with E-state index in [1.807, 2.05) is 0 Å². The van der Waals surface area contributed by atoms with Gasteiger partial charge in [-0.05, 0) is 12.1 Å². The normalized spacial score (nSPS) is 12.7. The molecule has 0 aromatic heterocycles. The number of halogens is 7. The van der Waals surface area contributed by atoms with Gasteiger partial charge in [0.2, 0.25) is 0 Å². The van der Waals surface area contributed by atoms with Crippen LogP contribution in [0.3, 0.4) is 0 Å². The molecule has 0 amide bonds. The molecule has 0 radical (unpaired) electrons. The summed E-state index contributed by atoms with van der Waals surface area (Å²) in [5, 5.41) is 0. The lowest BCUT2D eigenvalue weighted by molar-refractivity contribution is -0.275. The highest BCUT2D eigenvalue weighted by atomic mass is 19.4. The van der Waals surface area contributed by atoms with Gasteiger partial charge in [0, 0.05) is 0 Å². The highest BCUT2D eigenvalue weighted by molar-refractivity contribution is 6.73. The van der Waals surface area contributed by atoms with Crippen molar-refractivity contribution < 1.29 is 35.2 Å². The smallest absolute Gasteiger partial charge is 0.445 e. The fraction of sp³-hybridized carbons (Fsp3) is 0.143. The van der Waals surface area contributed by atoms with E-state index in [0.29, 0.717) is 6.07 Å². The first-order chi connectivity index (χ1) is 7.09. The number of hydrogen-bond donors (Lipinski definition) is 0. The zero-order valence-electron chi connectivity index (χ0n) is 7.36. The second-order valence-electron chi connectivity index (χ2n) is 2.81. The molecule has 1 rings (SSSR count). The van der Waals surface area contributed by atoms with E-state index in [-0.39, 0.29) is 12.1 Å². The second kappa shape index (κ2) is 3.87. The van der Waals surface area contributed by atoms with Gasteiger partial charge in [-0.3, -0.25) is 0 Å². The quantitative estimate of drug-likeness (QED) is 0.576. The Hall–Kier alpha value is -1.41. The van der Waals surface area contributed by atoms with E-state index in [2.05, 4.69) is 4.74 Å². The molecule has 0 heterocycles. The molecule has 0 unspecified atom stereocenters. The van der Waals surface area contributed by atoms with Crippen LogP contribution in [0.15, 0.2) is 18.2 Å². The van der Waals surface area contributed by atoms with Crippen molar-refractivity contribution in [1.82, 2.24) is 0 Å². The molecular weight excluding hydrogens is 244 g/mol. The predicted octanol–water partition coefficient (Wildman–Crippen LogP) is 2.78. The topological polar surface area (TPSA) is 9.23 Å². The molecule has 0 aliphatic heterocycles. The third-order valence-electron chi connectivity index (χ3n) is 1.56. The molecule has 16 heavy (non-hydrogen) atoms. The lowest BCUT2D eigenvalue weighted by Crippen LogP contribution is -2.34. The molecule has 0 spiro atoms. The molecule has 90 valence electrons. The van der Waals surface area contributed by atoms with E-state index >= 15 is 0 Å². The lowest BCUT2D eigenvalue weighted by Gasteiger charge is -2.16. The number of benzene rings is 1. The van der Waals surface area contributed by atoms with Crippen LogP contribution in [0.25, 0.3) is 0 Å². The van der Waals surface area contributed by atoms with Crippen LogP contribution in [0.4, 0.5) is 30.5 Å². The van der Waals surface area contributed by atoms with Gasteiger partial charge in [0.05, 0.1) is 0 Å². The molecule has 1 nitrogen and oxygen atoms in total. The maximum absolute atomic E-state index is 12.8. The van der Waals surface area contributed by atoms with Crippen LogP contribution >= 0.6 is 0 Å². The standard InChI is InChI=1S/C7H3BF7O/c9-5-3-4(8(13,14)15)1-2-6(5)16-7(10,11)12/h1-3H/q-1. The average Bonchev–Trinajstić information content (AvgIpc) is 2.04. The summed E-state index contributed by atoms with van der Waals surface area (Å²) in [5.74, 6) is -3.01. The first-order valence-electron chi connectivity index (χ1n) is 3.85. The van der Waals surface area contributed by atoms with Crippen LogP contribution < -0.4 is 10.2 Å². The van der Waals surface area contributed by atoms with Crippen molar-refractivity contribution in [3.05, 3.63) is 24.0 Å². The van der Waals surface area contributed by atoms with E-state index in [1.54, 1.807) is 0 Å². The SMILES string of the molecule is Fc1cc([B-](F)(F)F)ccc1OC(F)(F)F. The molecule has 9 heteroatoms. The average molecular weight is 247 g/mol. The minimum atomic E-state index is -5.45. The molecule has 0 N–H and O–H groups in total. The van der Waals surface area contributed by atoms with Crippen molar-refractivity contribution in [3.63, 3.8) is 0 Å². The van der Waals surface area contributed by atoms with Gasteiger partial charge in [0.25, 0.3) is 0 Å². The van der Waals surface area contributed by atoms with Crippen molar-refractivity contribution in [2.75, 3.05) is 0 Å². The van der Waals surface area contributed by atoms with Crippen LogP contribution in [0.5, 0.6) is 5.75 Å². The van der Waals surface area contributed by atoms with Gasteiger partial charge in [-0.2, -0.15) is 0 Å². The molecule has 0 bridgehead atoms. The molecule has 0 fully saturated rings. The molecule has 1 aromatic carbocycles. The van der Waals surface area contributed by atoms with E-state index in [1.165, 1.54) is 0 Å². The van der Waals surface area contributed by atoms with E-state index in [4.69, 9.17) is 0 Å². The van der Waals surface area contributed by atoms with Gasteiger partial charge >= 0.3 is 13.3 Å². The Bertz CT molecular complexity index is 383. The molecule has 1 aromatic rings. The van der Waals surface area contributed by atoms with E-state index in [9.17, 15) is 30.5 Å². The Balaban J connectivity index is 3.01. The van der Waals surface area contributed by atoms with Crippen molar-refractivity contribution >= 4 is 12.4 Å². The number of alkyl halides is 3. The molecular formula is C7H3BF7O-. The zero-order chi connectivity index (χ0) is 12.6. The van der Waals surface area contributed by atoms with Crippen LogP contribution in [0.2, 0.25) is 0 Å². The third-order valence-corrected chi connectivity index (χ3v) is 1.56. The highest BCUT2D eigenvalue weighted by Crippen LogP contribution is 2.25. The zero-order valence-corrected chi connectivity index (χ0v) is 7.36. The molecule has 0 atom stereocenters. The number of hydrogen-bond acceptors (Lipinski definition) is 1. The van der Waals surface area contributed by atoms with Gasteiger partial charge in [-0.15, -0.1) is 18.6 Å². The minimum absolute atomic E-state index is 0.0406. The summed E-state index contributed by atoms with van der Waals surface area (Å²) < 4.78 is 87.1. The summed E-state index contributed by atoms with van der Waals surface area (Å²) in [6.07, 6.45) is -5.15. The van der Waals surface area contributed by atoms with Crippen molar-refractivity contribution in [3.8, 4) is 5.75 Å². The minimum Gasteiger partial charge on any atom is -0.445 e. The summed E-state index contributed by atoms with van der Waals surface area (Å²) in [6.45, 7) is -5.45. The van der Waals surface area contributed by atoms with Gasteiger partial charge < -0.3 is 17.7 Å². The van der Waals surface area contributed by atoms with Crippen LogP contribution in [-0.2, 0) is 0 Å². The first-order valence-corrected chi connectivity index (χ1v) is 3.85. The molecule has 0 saturated carbocycles. The molecule has 0 saturated heterocycles. The van der Waals surface area contributed by atoms with Crippen LogP contribution in [-0.4, -0.2) is 13.3 Å². The predicted molar refractivity (Wildman–Crippen MR) is 41.8 cm³/mol. The summed E-state index contributed by atoms with van der Waals surface area (Å²) in [6, 6.07) is 0.568. The lowest BCUT2D eigenvalue weighted by atomic mass is 9.80. The van der Waals surface area contributed by atoms with E-state index in [0.717, 1.165) is 0 Å². The molecule has 0 aliphatic carbocycles. The Kier molecular flexibility index (Phi) is 3.07. The van der Waals surface area contributed by atoms with Gasteiger partial charge in [0.1, 0.15) is 0 Å². The number of ether oxygens (including phenoxy) is 1. The van der Waals surface area contributed by atoms with Crippen LogP contribution in [0, 0.1) is 5.82 Å². The fourth-order valence-electron chi connectivity index (χ4n) is 0.928. The monoisotopic (exact) mass is 247 g/mol. The summed E-state index contributed by atoms with van der Waals surface area (Å²) in [7, 11) is 0. The van der Waals surface area contributed by atoms with Crippen molar-refractivity contribution in [2.24, 2.45) is 0 Å². The fourth-order valence-corrected chi connectivity index (χ4v) is 0.928. The van der Waals surface area contributed by atoms with Crippen molar-refractivity contribution in [2.45, 2.75) is 6.36 Å². The maximum atomic E-state index is 12.8. The Morgan fingerprint density at radius 3 is 2.00 bits per heavy atom. The Morgan fingerprint density at radius 2 is 1.62 bits per heavy atom. The largest absolute Gasteiger partial charge is 0.573 e. The second-order valence-corrected chi connectivity index (χ2v) is 2.81. The third kappa shape index (κ3) is 3.32. The summed E-state index contributed by atoms with van der Waals surface area (Å²) in [4.78, 5) is 0. The number of rotatable bonds is 2.